The number of aromatic nitrogens is 1. The number of carbonyl (C=O) groups excluding carboxylic acids is 1. The Morgan fingerprint density at radius 2 is 2.00 bits per heavy atom. The first-order valence-corrected chi connectivity index (χ1v) is 12.6. The highest BCUT2D eigenvalue weighted by molar-refractivity contribution is 7.12. The normalized spacial score (nSPS) is 17.7. The largest absolute Gasteiger partial charge is 0.495 e. The molecule has 182 valence electrons. The first-order valence-electron chi connectivity index (χ1n) is 11.7. The summed E-state index contributed by atoms with van der Waals surface area (Å²) in [5, 5.41) is 19.9. The van der Waals surface area contributed by atoms with Gasteiger partial charge in [-0.2, -0.15) is 5.26 Å². The van der Waals surface area contributed by atoms with E-state index in [1.165, 1.54) is 11.3 Å². The van der Waals surface area contributed by atoms with Crippen molar-refractivity contribution in [3.8, 4) is 23.1 Å². The highest BCUT2D eigenvalue weighted by atomic mass is 32.1. The van der Waals surface area contributed by atoms with Crippen molar-refractivity contribution in [2.75, 3.05) is 33.1 Å². The Hall–Kier alpha value is -3.41. The highest BCUT2D eigenvalue weighted by Gasteiger charge is 2.24. The van der Waals surface area contributed by atoms with Crippen molar-refractivity contribution in [1.82, 2.24) is 15.2 Å². The molecule has 2 aromatic carbocycles. The quantitative estimate of drug-likeness (QED) is 0.430. The number of nitrogens with one attached hydrogen (secondary N) is 2. The van der Waals surface area contributed by atoms with Crippen LogP contribution in [0.25, 0.3) is 22.0 Å². The van der Waals surface area contributed by atoms with Gasteiger partial charge in [0.15, 0.2) is 5.01 Å². The molecular formula is C27H31N5O2S. The Morgan fingerprint density at radius 3 is 2.69 bits per heavy atom. The Balaban J connectivity index is 1.53. The third-order valence-corrected chi connectivity index (χ3v) is 7.44. The van der Waals surface area contributed by atoms with Crippen LogP contribution in [0.4, 0.5) is 5.69 Å². The number of carbonyl (C=O) groups is 1. The van der Waals surface area contributed by atoms with E-state index < -0.39 is 0 Å². The van der Waals surface area contributed by atoms with Crippen LogP contribution in [-0.2, 0) is 0 Å². The number of rotatable bonds is 8. The summed E-state index contributed by atoms with van der Waals surface area (Å²) in [7, 11) is 5.85. The number of hydrogen-bond donors (Lipinski definition) is 2. The molecule has 1 aliphatic carbocycles. The molecule has 0 atom stereocenters. The van der Waals surface area contributed by atoms with E-state index in [4.69, 9.17) is 10.00 Å². The topological polar surface area (TPSA) is 90.3 Å². The number of anilines is 1. The van der Waals surface area contributed by atoms with E-state index in [-0.39, 0.29) is 11.9 Å². The zero-order valence-electron chi connectivity index (χ0n) is 20.4. The monoisotopic (exact) mass is 489 g/mol. The van der Waals surface area contributed by atoms with Crippen molar-refractivity contribution in [2.45, 2.75) is 37.8 Å². The molecule has 0 unspecified atom stereocenters. The van der Waals surface area contributed by atoms with Crippen LogP contribution in [0.5, 0.6) is 5.75 Å². The van der Waals surface area contributed by atoms with Gasteiger partial charge in [0, 0.05) is 40.5 Å². The summed E-state index contributed by atoms with van der Waals surface area (Å²) in [6.07, 6.45) is 4.18. The standard InChI is InChI=1S/C27H31N5O2S/c1-17(14-28)15-29-25-22-13-19(6-5-18(22)7-12-24(25)34-4)23-16-35-27(31-23)26(33)30-20-8-10-21(11-9-20)32(2)3/h5-7,12-13,16,20-21,29H,1,8-11,15H2,2-4H3,(H,30,33)/t20-,21+. The Labute approximate surface area is 210 Å². The third-order valence-electron chi connectivity index (χ3n) is 6.60. The summed E-state index contributed by atoms with van der Waals surface area (Å²) in [6.45, 7) is 4.08. The number of ether oxygens (including phenoxy) is 1. The zero-order chi connectivity index (χ0) is 24.9. The van der Waals surface area contributed by atoms with Gasteiger partial charge in [-0.05, 0) is 57.3 Å². The predicted molar refractivity (Wildman–Crippen MR) is 142 cm³/mol. The van der Waals surface area contributed by atoms with Crippen LogP contribution < -0.4 is 15.4 Å². The van der Waals surface area contributed by atoms with Gasteiger partial charge in [-0.1, -0.05) is 24.8 Å². The number of thiazole rings is 1. The van der Waals surface area contributed by atoms with E-state index in [0.29, 0.717) is 28.9 Å². The number of benzene rings is 2. The Bertz CT molecular complexity index is 1270. The average Bonchev–Trinajstić information content (AvgIpc) is 3.37. The SMILES string of the molecule is C=C(C#N)CNc1c(OC)ccc2ccc(-c3csc(C(=O)N[C@H]4CC[C@@H](N(C)C)CC4)n3)cc12. The molecule has 0 spiro atoms. The lowest BCUT2D eigenvalue weighted by atomic mass is 9.90. The van der Waals surface area contributed by atoms with Gasteiger partial charge in [0.05, 0.1) is 24.6 Å². The van der Waals surface area contributed by atoms with Crippen LogP contribution in [0.15, 0.2) is 47.9 Å². The molecule has 3 aromatic rings. The van der Waals surface area contributed by atoms with E-state index in [1.54, 1.807) is 7.11 Å². The minimum absolute atomic E-state index is 0.102. The number of nitriles is 1. The van der Waals surface area contributed by atoms with Crippen molar-refractivity contribution >= 4 is 33.7 Å². The third kappa shape index (κ3) is 5.64. The summed E-state index contributed by atoms with van der Waals surface area (Å²) in [5.41, 5.74) is 2.90. The maximum Gasteiger partial charge on any atom is 0.280 e. The van der Waals surface area contributed by atoms with Crippen molar-refractivity contribution < 1.29 is 9.53 Å². The fourth-order valence-electron chi connectivity index (χ4n) is 4.54. The molecule has 8 heteroatoms. The molecule has 7 nitrogen and oxygen atoms in total. The van der Waals surface area contributed by atoms with E-state index >= 15 is 0 Å². The first kappa shape index (κ1) is 24.7. The number of methoxy groups -OCH3 is 1. The second-order valence-electron chi connectivity index (χ2n) is 9.13. The lowest BCUT2D eigenvalue weighted by molar-refractivity contribution is 0.0916. The molecule has 1 aromatic heterocycles. The van der Waals surface area contributed by atoms with Crippen LogP contribution in [0, 0.1) is 11.3 Å². The second kappa shape index (κ2) is 10.9. The Kier molecular flexibility index (Phi) is 7.69. The summed E-state index contributed by atoms with van der Waals surface area (Å²) in [5.74, 6) is 0.581. The van der Waals surface area contributed by atoms with Gasteiger partial charge >= 0.3 is 0 Å². The van der Waals surface area contributed by atoms with E-state index in [0.717, 1.165) is 53.4 Å². The van der Waals surface area contributed by atoms with Gasteiger partial charge in [0.25, 0.3) is 5.91 Å². The van der Waals surface area contributed by atoms with Crippen LogP contribution in [0.1, 0.15) is 35.5 Å². The molecule has 1 fully saturated rings. The lowest BCUT2D eigenvalue weighted by Gasteiger charge is -2.32. The van der Waals surface area contributed by atoms with Gasteiger partial charge in [-0.25, -0.2) is 4.98 Å². The van der Waals surface area contributed by atoms with E-state index in [1.807, 2.05) is 35.7 Å². The van der Waals surface area contributed by atoms with Crippen molar-refractivity contribution in [1.29, 1.82) is 5.26 Å². The summed E-state index contributed by atoms with van der Waals surface area (Å²) in [6, 6.07) is 12.8. The number of fused-ring (bicyclic) bond motifs is 1. The van der Waals surface area contributed by atoms with Crippen molar-refractivity contribution in [3.63, 3.8) is 0 Å². The van der Waals surface area contributed by atoms with Gasteiger partial charge < -0.3 is 20.3 Å². The molecule has 35 heavy (non-hydrogen) atoms. The predicted octanol–water partition coefficient (Wildman–Crippen LogP) is 5.07. The molecule has 1 aliphatic rings. The summed E-state index contributed by atoms with van der Waals surface area (Å²) < 4.78 is 5.55. The lowest BCUT2D eigenvalue weighted by Crippen LogP contribution is -2.41. The summed E-state index contributed by atoms with van der Waals surface area (Å²) in [4.78, 5) is 19.8. The van der Waals surface area contributed by atoms with Crippen molar-refractivity contribution in [3.05, 3.63) is 52.9 Å². The smallest absolute Gasteiger partial charge is 0.280 e. The molecule has 2 N–H and O–H groups in total. The minimum Gasteiger partial charge on any atom is -0.495 e. The van der Waals surface area contributed by atoms with Crippen molar-refractivity contribution in [2.24, 2.45) is 0 Å². The minimum atomic E-state index is -0.102. The van der Waals surface area contributed by atoms with Gasteiger partial charge in [-0.3, -0.25) is 4.79 Å². The fourth-order valence-corrected chi connectivity index (χ4v) is 5.27. The first-order chi connectivity index (χ1) is 16.9. The van der Waals surface area contributed by atoms with Gasteiger partial charge in [-0.15, -0.1) is 11.3 Å². The molecular weight excluding hydrogens is 458 g/mol. The van der Waals surface area contributed by atoms with E-state index in [9.17, 15) is 4.79 Å². The number of nitrogens with zero attached hydrogens (tertiary/aromatic N) is 3. The van der Waals surface area contributed by atoms with Crippen LogP contribution >= 0.6 is 11.3 Å². The van der Waals surface area contributed by atoms with Crippen LogP contribution in [0.2, 0.25) is 0 Å². The summed E-state index contributed by atoms with van der Waals surface area (Å²) >= 11 is 1.36. The molecule has 0 aliphatic heterocycles. The van der Waals surface area contributed by atoms with Crippen LogP contribution in [0.3, 0.4) is 0 Å². The molecule has 4 rings (SSSR count). The fraction of sp³-hybridized carbons (Fsp3) is 0.370. The van der Waals surface area contributed by atoms with Crippen LogP contribution in [-0.4, -0.2) is 55.6 Å². The maximum absolute atomic E-state index is 12.9. The molecule has 1 amide bonds. The molecule has 0 saturated heterocycles. The second-order valence-corrected chi connectivity index (χ2v) is 9.99. The molecule has 0 bridgehead atoms. The Morgan fingerprint density at radius 1 is 1.26 bits per heavy atom. The van der Waals surface area contributed by atoms with Gasteiger partial charge in [0.1, 0.15) is 5.75 Å². The maximum atomic E-state index is 12.9. The van der Waals surface area contributed by atoms with Gasteiger partial charge in [0.2, 0.25) is 0 Å². The highest BCUT2D eigenvalue weighted by Crippen LogP contribution is 2.36. The zero-order valence-corrected chi connectivity index (χ0v) is 21.2. The van der Waals surface area contributed by atoms with E-state index in [2.05, 4.69) is 47.3 Å². The number of hydrogen-bond acceptors (Lipinski definition) is 7. The molecule has 0 radical (unpaired) electrons. The molecule has 1 heterocycles. The molecule has 1 saturated carbocycles. The number of amides is 1. The average molecular weight is 490 g/mol.